The molecule has 0 aromatic rings. The Hall–Kier alpha value is -1.59. The SMILES string of the molecule is CCCCCCCCCCCC(=O)OC[C@@H](COC(=O)CCCCCCCCC)OC(=O)CCCCCCCCCCCCCCCCCCC(C)C. The van der Waals surface area contributed by atoms with E-state index in [1.807, 2.05) is 0 Å². The number of carbonyl (C=O) groups is 3. The maximum absolute atomic E-state index is 12.7. The summed E-state index contributed by atoms with van der Waals surface area (Å²) in [5, 5.41) is 0. The fourth-order valence-corrected chi connectivity index (χ4v) is 6.98. The van der Waals surface area contributed by atoms with Gasteiger partial charge in [0.1, 0.15) is 13.2 Å². The van der Waals surface area contributed by atoms with Gasteiger partial charge < -0.3 is 14.2 Å². The lowest BCUT2D eigenvalue weighted by Crippen LogP contribution is -2.30. The molecule has 0 radical (unpaired) electrons. The lowest BCUT2D eigenvalue weighted by Gasteiger charge is -2.18. The first-order valence-electron chi connectivity index (χ1n) is 23.4. The number of hydrogen-bond acceptors (Lipinski definition) is 6. The molecule has 0 saturated heterocycles. The summed E-state index contributed by atoms with van der Waals surface area (Å²) in [5.41, 5.74) is 0. The Labute approximate surface area is 329 Å². The van der Waals surface area contributed by atoms with Gasteiger partial charge in [-0.3, -0.25) is 14.4 Å². The average molecular weight is 751 g/mol. The minimum Gasteiger partial charge on any atom is -0.462 e. The lowest BCUT2D eigenvalue weighted by molar-refractivity contribution is -0.167. The highest BCUT2D eigenvalue weighted by Gasteiger charge is 2.19. The van der Waals surface area contributed by atoms with Crippen LogP contribution in [0.15, 0.2) is 0 Å². The van der Waals surface area contributed by atoms with Crippen molar-refractivity contribution in [3.63, 3.8) is 0 Å². The third kappa shape index (κ3) is 41.4. The molecule has 6 nitrogen and oxygen atoms in total. The van der Waals surface area contributed by atoms with Crippen molar-refractivity contribution < 1.29 is 28.6 Å². The molecule has 314 valence electrons. The van der Waals surface area contributed by atoms with E-state index in [0.717, 1.165) is 63.7 Å². The minimum absolute atomic E-state index is 0.0642. The number of unbranched alkanes of at least 4 members (excludes halogenated alkanes) is 29. The summed E-state index contributed by atoms with van der Waals surface area (Å²) in [7, 11) is 0. The van der Waals surface area contributed by atoms with Gasteiger partial charge in [-0.25, -0.2) is 0 Å². The van der Waals surface area contributed by atoms with Gasteiger partial charge in [0.2, 0.25) is 0 Å². The number of rotatable bonds is 42. The molecule has 1 atom stereocenters. The Bertz CT molecular complexity index is 796. The molecule has 0 fully saturated rings. The normalized spacial score (nSPS) is 11.9. The van der Waals surface area contributed by atoms with Crippen LogP contribution >= 0.6 is 0 Å². The van der Waals surface area contributed by atoms with E-state index in [0.29, 0.717) is 19.3 Å². The zero-order valence-electron chi connectivity index (χ0n) is 36.0. The van der Waals surface area contributed by atoms with Crippen molar-refractivity contribution in [1.82, 2.24) is 0 Å². The summed E-state index contributed by atoms with van der Waals surface area (Å²) < 4.78 is 16.6. The Kier molecular flexibility index (Phi) is 40.3. The van der Waals surface area contributed by atoms with Crippen LogP contribution in [0.1, 0.15) is 259 Å². The van der Waals surface area contributed by atoms with Crippen LogP contribution in [-0.2, 0) is 28.6 Å². The maximum Gasteiger partial charge on any atom is 0.306 e. The van der Waals surface area contributed by atoms with Crippen LogP contribution < -0.4 is 0 Å². The van der Waals surface area contributed by atoms with E-state index in [1.165, 1.54) is 154 Å². The first-order chi connectivity index (χ1) is 25.9. The van der Waals surface area contributed by atoms with E-state index < -0.39 is 6.10 Å². The van der Waals surface area contributed by atoms with E-state index in [4.69, 9.17) is 14.2 Å². The summed E-state index contributed by atoms with van der Waals surface area (Å²) in [4.78, 5) is 37.5. The third-order valence-corrected chi connectivity index (χ3v) is 10.5. The molecular formula is C47H90O6. The van der Waals surface area contributed by atoms with Gasteiger partial charge in [-0.1, -0.05) is 220 Å². The van der Waals surface area contributed by atoms with Gasteiger partial charge in [0, 0.05) is 19.3 Å². The molecule has 0 aliphatic rings. The van der Waals surface area contributed by atoms with Crippen molar-refractivity contribution in [3.05, 3.63) is 0 Å². The van der Waals surface area contributed by atoms with E-state index in [-0.39, 0.29) is 31.1 Å². The van der Waals surface area contributed by atoms with Crippen LogP contribution in [0.4, 0.5) is 0 Å². The van der Waals surface area contributed by atoms with Crippen LogP contribution in [0.2, 0.25) is 0 Å². The van der Waals surface area contributed by atoms with Crippen molar-refractivity contribution in [1.29, 1.82) is 0 Å². The Morgan fingerprint density at radius 1 is 0.358 bits per heavy atom. The molecule has 0 aromatic carbocycles. The Morgan fingerprint density at radius 2 is 0.623 bits per heavy atom. The lowest BCUT2D eigenvalue weighted by atomic mass is 10.0. The first kappa shape index (κ1) is 51.4. The predicted molar refractivity (Wildman–Crippen MR) is 224 cm³/mol. The molecule has 0 amide bonds. The molecule has 0 aliphatic heterocycles. The predicted octanol–water partition coefficient (Wildman–Crippen LogP) is 14.7. The van der Waals surface area contributed by atoms with Crippen molar-refractivity contribution in [2.75, 3.05) is 13.2 Å². The molecule has 53 heavy (non-hydrogen) atoms. The second kappa shape index (κ2) is 41.6. The first-order valence-corrected chi connectivity index (χ1v) is 23.4. The summed E-state index contributed by atoms with van der Waals surface area (Å²) in [5.74, 6) is -0.00934. The van der Waals surface area contributed by atoms with Gasteiger partial charge in [0.05, 0.1) is 0 Å². The molecular weight excluding hydrogens is 661 g/mol. The third-order valence-electron chi connectivity index (χ3n) is 10.5. The molecule has 0 aliphatic carbocycles. The van der Waals surface area contributed by atoms with Crippen molar-refractivity contribution in [2.24, 2.45) is 5.92 Å². The van der Waals surface area contributed by atoms with Crippen LogP contribution in [0, 0.1) is 5.92 Å². The highest BCUT2D eigenvalue weighted by atomic mass is 16.6. The van der Waals surface area contributed by atoms with Crippen LogP contribution in [0.25, 0.3) is 0 Å². The van der Waals surface area contributed by atoms with Gasteiger partial charge in [0.25, 0.3) is 0 Å². The highest BCUT2D eigenvalue weighted by molar-refractivity contribution is 5.71. The zero-order valence-corrected chi connectivity index (χ0v) is 36.0. The van der Waals surface area contributed by atoms with E-state index in [2.05, 4.69) is 27.7 Å². The van der Waals surface area contributed by atoms with Crippen molar-refractivity contribution in [2.45, 2.75) is 265 Å². The fraction of sp³-hybridized carbons (Fsp3) is 0.936. The zero-order chi connectivity index (χ0) is 38.9. The minimum atomic E-state index is -0.757. The van der Waals surface area contributed by atoms with Gasteiger partial charge in [0.15, 0.2) is 6.10 Å². The largest absolute Gasteiger partial charge is 0.462 e. The molecule has 6 heteroatoms. The van der Waals surface area contributed by atoms with Gasteiger partial charge in [-0.2, -0.15) is 0 Å². The molecule has 0 unspecified atom stereocenters. The molecule has 0 N–H and O–H groups in total. The molecule has 0 bridgehead atoms. The van der Waals surface area contributed by atoms with Gasteiger partial charge in [-0.05, 0) is 25.2 Å². The van der Waals surface area contributed by atoms with E-state index in [1.54, 1.807) is 0 Å². The molecule has 0 saturated carbocycles. The van der Waals surface area contributed by atoms with Crippen LogP contribution in [0.3, 0.4) is 0 Å². The summed E-state index contributed by atoms with van der Waals surface area (Å²) >= 11 is 0. The second-order valence-corrected chi connectivity index (χ2v) is 16.5. The quantitative estimate of drug-likeness (QED) is 0.0351. The molecule has 0 rings (SSSR count). The van der Waals surface area contributed by atoms with Crippen molar-refractivity contribution >= 4 is 17.9 Å². The Morgan fingerprint density at radius 3 is 0.925 bits per heavy atom. The summed E-state index contributed by atoms with van der Waals surface area (Å²) in [6.07, 6.45) is 41.0. The van der Waals surface area contributed by atoms with Gasteiger partial charge >= 0.3 is 17.9 Å². The van der Waals surface area contributed by atoms with Crippen molar-refractivity contribution in [3.8, 4) is 0 Å². The number of hydrogen-bond donors (Lipinski definition) is 0. The monoisotopic (exact) mass is 751 g/mol. The van der Waals surface area contributed by atoms with E-state index in [9.17, 15) is 14.4 Å². The van der Waals surface area contributed by atoms with Gasteiger partial charge in [-0.15, -0.1) is 0 Å². The topological polar surface area (TPSA) is 78.9 Å². The van der Waals surface area contributed by atoms with Crippen LogP contribution in [0.5, 0.6) is 0 Å². The van der Waals surface area contributed by atoms with Crippen LogP contribution in [-0.4, -0.2) is 37.2 Å². The molecule has 0 heterocycles. The smallest absolute Gasteiger partial charge is 0.306 e. The summed E-state index contributed by atoms with van der Waals surface area (Å²) in [6.45, 7) is 8.96. The second-order valence-electron chi connectivity index (χ2n) is 16.5. The number of ether oxygens (including phenoxy) is 3. The molecule has 0 aromatic heterocycles. The van der Waals surface area contributed by atoms with E-state index >= 15 is 0 Å². The molecule has 0 spiro atoms. The number of carbonyl (C=O) groups excluding carboxylic acids is 3. The Balaban J connectivity index is 4.17. The standard InChI is InChI=1S/C47H90O6/c1-5-7-9-11-13-22-27-31-35-39-46(49)52-42-44(41-51-45(48)38-34-30-25-12-10-8-6-2)53-47(50)40-36-32-28-24-21-19-17-15-14-16-18-20-23-26-29-33-37-43(3)4/h43-44H,5-42H2,1-4H3/t44-/m1/s1. The number of esters is 3. The maximum atomic E-state index is 12.7. The average Bonchev–Trinajstić information content (AvgIpc) is 3.14. The fourth-order valence-electron chi connectivity index (χ4n) is 6.98. The summed E-state index contributed by atoms with van der Waals surface area (Å²) in [6, 6.07) is 0. The highest BCUT2D eigenvalue weighted by Crippen LogP contribution is 2.16.